The van der Waals surface area contributed by atoms with Crippen molar-refractivity contribution in [1.29, 1.82) is 0 Å². The molecule has 0 bridgehead atoms. The Morgan fingerprint density at radius 1 is 0.762 bits per heavy atom. The number of amides is 2. The Hall–Kier alpha value is -4.96. The fraction of sp³-hybridized carbons (Fsp3) is 0.156. The zero-order valence-corrected chi connectivity index (χ0v) is 24.4. The number of rotatable bonds is 11. The van der Waals surface area contributed by atoms with Gasteiger partial charge in [0.1, 0.15) is 12.3 Å². The van der Waals surface area contributed by atoms with Gasteiger partial charge in [0.05, 0.1) is 16.8 Å². The SMILES string of the molecule is Cc1ccc(NC(=O)COc2ccc(/C=N\NC(=O)CN(c3ccc(C)cc3)S(=O)(=O)c3ccc(C)cc3)cc2)cc1. The van der Waals surface area contributed by atoms with Crippen LogP contribution in [0.1, 0.15) is 22.3 Å². The highest BCUT2D eigenvalue weighted by atomic mass is 32.2. The van der Waals surface area contributed by atoms with Crippen molar-refractivity contribution in [1.82, 2.24) is 5.43 Å². The first-order valence-corrected chi connectivity index (χ1v) is 14.6. The zero-order valence-electron chi connectivity index (χ0n) is 23.6. The number of ether oxygens (including phenoxy) is 1. The molecule has 4 rings (SSSR count). The lowest BCUT2D eigenvalue weighted by Gasteiger charge is -2.24. The van der Waals surface area contributed by atoms with Gasteiger partial charge in [0, 0.05) is 5.69 Å². The number of hydrazone groups is 1. The fourth-order valence-electron chi connectivity index (χ4n) is 3.84. The number of nitrogens with one attached hydrogen (secondary N) is 2. The molecule has 4 aromatic carbocycles. The molecule has 42 heavy (non-hydrogen) atoms. The standard InChI is InChI=1S/C32H32N4O5S/c1-23-4-12-27(13-5-23)34-32(38)22-41-29-16-10-26(11-17-29)20-33-35-31(37)21-36(28-14-6-24(2)7-15-28)42(39,40)30-18-8-25(3)9-19-30/h4-20H,21-22H2,1-3H3,(H,34,38)(H,35,37)/b33-20-. The van der Waals surface area contributed by atoms with Crippen LogP contribution in [-0.4, -0.2) is 39.6 Å². The van der Waals surface area contributed by atoms with E-state index in [1.54, 1.807) is 60.7 Å². The molecule has 0 unspecified atom stereocenters. The fourth-order valence-corrected chi connectivity index (χ4v) is 5.26. The topological polar surface area (TPSA) is 117 Å². The first-order chi connectivity index (χ1) is 20.1. The number of aryl methyl sites for hydroxylation is 3. The summed E-state index contributed by atoms with van der Waals surface area (Å²) in [6, 6.07) is 27.6. The average molecular weight is 585 g/mol. The van der Waals surface area contributed by atoms with Gasteiger partial charge >= 0.3 is 0 Å². The predicted molar refractivity (Wildman–Crippen MR) is 164 cm³/mol. The number of anilines is 2. The van der Waals surface area contributed by atoms with Crippen LogP contribution in [0.15, 0.2) is 107 Å². The molecular weight excluding hydrogens is 552 g/mol. The van der Waals surface area contributed by atoms with Crippen LogP contribution in [0.2, 0.25) is 0 Å². The average Bonchev–Trinajstić information content (AvgIpc) is 2.97. The van der Waals surface area contributed by atoms with Crippen LogP contribution < -0.4 is 19.8 Å². The molecule has 0 saturated carbocycles. The summed E-state index contributed by atoms with van der Waals surface area (Å²) in [5.41, 5.74) is 7.10. The lowest BCUT2D eigenvalue weighted by atomic mass is 10.2. The number of carbonyl (C=O) groups is 2. The van der Waals surface area contributed by atoms with Crippen molar-refractivity contribution >= 4 is 39.4 Å². The van der Waals surface area contributed by atoms with Gasteiger partial charge < -0.3 is 10.1 Å². The molecule has 0 aliphatic heterocycles. The van der Waals surface area contributed by atoms with Crippen molar-refractivity contribution in [2.45, 2.75) is 25.7 Å². The van der Waals surface area contributed by atoms with Gasteiger partial charge in [0.2, 0.25) is 0 Å². The Kier molecular flexibility index (Phi) is 9.72. The molecule has 4 aromatic rings. The van der Waals surface area contributed by atoms with Crippen LogP contribution in [0.4, 0.5) is 11.4 Å². The van der Waals surface area contributed by atoms with Gasteiger partial charge in [-0.05, 0) is 87.0 Å². The van der Waals surface area contributed by atoms with E-state index in [1.165, 1.54) is 18.3 Å². The van der Waals surface area contributed by atoms with Crippen LogP contribution >= 0.6 is 0 Å². The Morgan fingerprint density at radius 2 is 1.31 bits per heavy atom. The number of benzene rings is 4. The van der Waals surface area contributed by atoms with Gasteiger partial charge in [-0.25, -0.2) is 13.8 Å². The summed E-state index contributed by atoms with van der Waals surface area (Å²) < 4.78 is 33.5. The second-order valence-electron chi connectivity index (χ2n) is 9.73. The van der Waals surface area contributed by atoms with Gasteiger partial charge in [-0.2, -0.15) is 5.10 Å². The molecule has 0 aliphatic carbocycles. The number of hydrogen-bond donors (Lipinski definition) is 2. The predicted octanol–water partition coefficient (Wildman–Crippen LogP) is 4.97. The third kappa shape index (κ3) is 8.28. The molecule has 2 amide bonds. The van der Waals surface area contributed by atoms with Gasteiger partial charge in [0.15, 0.2) is 6.61 Å². The quantitative estimate of drug-likeness (QED) is 0.191. The van der Waals surface area contributed by atoms with E-state index in [0.717, 1.165) is 21.0 Å². The molecule has 0 atom stereocenters. The summed E-state index contributed by atoms with van der Waals surface area (Å²) >= 11 is 0. The summed E-state index contributed by atoms with van der Waals surface area (Å²) in [4.78, 5) is 25.0. The van der Waals surface area contributed by atoms with E-state index in [9.17, 15) is 18.0 Å². The maximum atomic E-state index is 13.5. The maximum Gasteiger partial charge on any atom is 0.264 e. The number of sulfonamides is 1. The number of carbonyl (C=O) groups excluding carboxylic acids is 2. The molecule has 2 N–H and O–H groups in total. The van der Waals surface area contributed by atoms with Gasteiger partial charge in [-0.15, -0.1) is 0 Å². The van der Waals surface area contributed by atoms with E-state index in [4.69, 9.17) is 4.74 Å². The van der Waals surface area contributed by atoms with Crippen LogP contribution in [0, 0.1) is 20.8 Å². The highest BCUT2D eigenvalue weighted by molar-refractivity contribution is 7.92. The second-order valence-corrected chi connectivity index (χ2v) is 11.6. The molecule has 0 heterocycles. The third-order valence-corrected chi connectivity index (χ3v) is 7.99. The van der Waals surface area contributed by atoms with Crippen LogP contribution in [0.5, 0.6) is 5.75 Å². The lowest BCUT2D eigenvalue weighted by Crippen LogP contribution is -2.39. The summed E-state index contributed by atoms with van der Waals surface area (Å²) in [7, 11) is -4.01. The zero-order chi connectivity index (χ0) is 30.1. The van der Waals surface area contributed by atoms with Crippen molar-refractivity contribution in [2.75, 3.05) is 22.8 Å². The molecule has 0 saturated heterocycles. The van der Waals surface area contributed by atoms with E-state index in [2.05, 4.69) is 15.8 Å². The van der Waals surface area contributed by atoms with Crippen molar-refractivity contribution in [2.24, 2.45) is 5.10 Å². The van der Waals surface area contributed by atoms with Crippen LogP contribution in [-0.2, 0) is 19.6 Å². The molecule has 10 heteroatoms. The molecule has 9 nitrogen and oxygen atoms in total. The molecular formula is C32H32N4O5S. The summed E-state index contributed by atoms with van der Waals surface area (Å²) in [5, 5.41) is 6.74. The lowest BCUT2D eigenvalue weighted by molar-refractivity contribution is -0.119. The Labute approximate surface area is 245 Å². The third-order valence-electron chi connectivity index (χ3n) is 6.21. The highest BCUT2D eigenvalue weighted by Gasteiger charge is 2.27. The largest absolute Gasteiger partial charge is 0.484 e. The van der Waals surface area contributed by atoms with E-state index in [1.807, 2.05) is 45.0 Å². The highest BCUT2D eigenvalue weighted by Crippen LogP contribution is 2.24. The van der Waals surface area contributed by atoms with E-state index in [0.29, 0.717) is 22.7 Å². The Bertz CT molecular complexity index is 1650. The van der Waals surface area contributed by atoms with E-state index in [-0.39, 0.29) is 17.4 Å². The smallest absolute Gasteiger partial charge is 0.264 e. The van der Waals surface area contributed by atoms with Gasteiger partial charge in [-0.1, -0.05) is 53.1 Å². The van der Waals surface area contributed by atoms with Gasteiger partial charge in [-0.3, -0.25) is 13.9 Å². The number of nitrogens with zero attached hydrogens (tertiary/aromatic N) is 2. The Balaban J connectivity index is 1.34. The minimum atomic E-state index is -4.01. The van der Waals surface area contributed by atoms with Crippen LogP contribution in [0.25, 0.3) is 0 Å². The van der Waals surface area contributed by atoms with Gasteiger partial charge in [0.25, 0.3) is 21.8 Å². The Morgan fingerprint density at radius 3 is 1.90 bits per heavy atom. The van der Waals surface area contributed by atoms with Crippen molar-refractivity contribution in [3.05, 3.63) is 119 Å². The molecule has 0 spiro atoms. The monoisotopic (exact) mass is 584 g/mol. The number of hydrogen-bond acceptors (Lipinski definition) is 6. The summed E-state index contributed by atoms with van der Waals surface area (Å²) in [6.45, 7) is 5.12. The first-order valence-electron chi connectivity index (χ1n) is 13.2. The molecule has 0 aromatic heterocycles. The molecule has 0 aliphatic rings. The van der Waals surface area contributed by atoms with Crippen LogP contribution in [0.3, 0.4) is 0 Å². The first kappa shape index (κ1) is 30.0. The van der Waals surface area contributed by atoms with Crippen molar-refractivity contribution in [3.63, 3.8) is 0 Å². The normalized spacial score (nSPS) is 11.2. The molecule has 216 valence electrons. The minimum Gasteiger partial charge on any atom is -0.484 e. The minimum absolute atomic E-state index is 0.0833. The maximum absolute atomic E-state index is 13.5. The molecule has 0 radical (unpaired) electrons. The van der Waals surface area contributed by atoms with Crippen molar-refractivity contribution < 1.29 is 22.7 Å². The van der Waals surface area contributed by atoms with E-state index >= 15 is 0 Å². The van der Waals surface area contributed by atoms with E-state index < -0.39 is 22.5 Å². The van der Waals surface area contributed by atoms with Crippen molar-refractivity contribution in [3.8, 4) is 5.75 Å². The second kappa shape index (κ2) is 13.6. The summed E-state index contributed by atoms with van der Waals surface area (Å²) in [5.74, 6) is -0.399. The molecule has 0 fully saturated rings. The summed E-state index contributed by atoms with van der Waals surface area (Å²) in [6.07, 6.45) is 1.43.